The van der Waals surface area contributed by atoms with E-state index in [1.807, 2.05) is 0 Å². The van der Waals surface area contributed by atoms with Crippen LogP contribution in [0.3, 0.4) is 0 Å². The molecule has 2 nitrogen and oxygen atoms in total. The van der Waals surface area contributed by atoms with Crippen LogP contribution in [0.2, 0.25) is 0 Å². The molecule has 1 aromatic carbocycles. The summed E-state index contributed by atoms with van der Waals surface area (Å²) in [6.45, 7) is 13.8. The van der Waals surface area contributed by atoms with E-state index in [1.54, 1.807) is 0 Å². The molecular formula is C19H34Cl2N2. The van der Waals surface area contributed by atoms with Gasteiger partial charge in [-0.05, 0) is 35.8 Å². The molecule has 1 atom stereocenters. The first-order valence-electron chi connectivity index (χ1n) is 8.62. The van der Waals surface area contributed by atoms with Crippen molar-refractivity contribution >= 4 is 24.8 Å². The van der Waals surface area contributed by atoms with Crippen LogP contribution >= 0.6 is 24.8 Å². The number of piperazine rings is 1. The Labute approximate surface area is 155 Å². The molecule has 134 valence electrons. The molecule has 2 rings (SSSR count). The first kappa shape index (κ1) is 22.7. The molecule has 1 fully saturated rings. The second-order valence-electron chi connectivity index (χ2n) is 7.09. The van der Waals surface area contributed by atoms with Gasteiger partial charge in [-0.25, -0.2) is 0 Å². The minimum absolute atomic E-state index is 0. The number of rotatable bonds is 6. The van der Waals surface area contributed by atoms with E-state index in [0.717, 1.165) is 19.0 Å². The number of nitrogens with zero attached hydrogens (tertiary/aromatic N) is 1. The van der Waals surface area contributed by atoms with Crippen molar-refractivity contribution in [2.45, 2.75) is 52.5 Å². The summed E-state index contributed by atoms with van der Waals surface area (Å²) >= 11 is 0. The van der Waals surface area contributed by atoms with Crippen LogP contribution in [0.25, 0.3) is 0 Å². The third-order valence-electron chi connectivity index (χ3n) is 4.60. The highest BCUT2D eigenvalue weighted by molar-refractivity contribution is 5.85. The van der Waals surface area contributed by atoms with Crippen LogP contribution in [0.15, 0.2) is 24.3 Å². The Morgan fingerprint density at radius 3 is 1.87 bits per heavy atom. The van der Waals surface area contributed by atoms with Gasteiger partial charge in [0, 0.05) is 32.2 Å². The van der Waals surface area contributed by atoms with Gasteiger partial charge in [0.25, 0.3) is 0 Å². The fourth-order valence-corrected chi connectivity index (χ4v) is 3.15. The summed E-state index contributed by atoms with van der Waals surface area (Å²) in [7, 11) is 0. The highest BCUT2D eigenvalue weighted by Gasteiger charge is 2.22. The van der Waals surface area contributed by atoms with Crippen LogP contribution in [-0.4, -0.2) is 31.1 Å². The lowest BCUT2D eigenvalue weighted by Crippen LogP contribution is -2.45. The molecule has 1 heterocycles. The Kier molecular flexibility index (Phi) is 11.2. The quantitative estimate of drug-likeness (QED) is 0.764. The van der Waals surface area contributed by atoms with Crippen LogP contribution in [0.4, 0.5) is 0 Å². The molecule has 0 spiro atoms. The summed E-state index contributed by atoms with van der Waals surface area (Å²) in [6, 6.07) is 9.97. The average Bonchev–Trinajstić information content (AvgIpc) is 2.49. The highest BCUT2D eigenvalue weighted by Crippen LogP contribution is 2.29. The van der Waals surface area contributed by atoms with Gasteiger partial charge in [-0.15, -0.1) is 24.8 Å². The van der Waals surface area contributed by atoms with E-state index in [2.05, 4.69) is 62.2 Å². The first-order valence-corrected chi connectivity index (χ1v) is 8.62. The van der Waals surface area contributed by atoms with Gasteiger partial charge in [0.05, 0.1) is 0 Å². The van der Waals surface area contributed by atoms with Crippen molar-refractivity contribution in [2.24, 2.45) is 5.92 Å². The highest BCUT2D eigenvalue weighted by atomic mass is 35.5. The molecule has 0 saturated carbocycles. The van der Waals surface area contributed by atoms with Crippen molar-refractivity contribution in [2.75, 3.05) is 26.2 Å². The van der Waals surface area contributed by atoms with E-state index >= 15 is 0 Å². The number of nitrogens with one attached hydrogen (secondary N) is 1. The summed E-state index contributed by atoms with van der Waals surface area (Å²) in [5.74, 6) is 1.40. The second-order valence-corrected chi connectivity index (χ2v) is 7.09. The lowest BCUT2D eigenvalue weighted by molar-refractivity contribution is 0.160. The van der Waals surface area contributed by atoms with Crippen molar-refractivity contribution in [1.29, 1.82) is 0 Å². The van der Waals surface area contributed by atoms with Crippen LogP contribution in [-0.2, 0) is 0 Å². The minimum atomic E-state index is 0. The average molecular weight is 361 g/mol. The van der Waals surface area contributed by atoms with Gasteiger partial charge >= 0.3 is 0 Å². The number of benzene rings is 1. The normalized spacial score (nSPS) is 16.8. The zero-order chi connectivity index (χ0) is 15.2. The summed E-state index contributed by atoms with van der Waals surface area (Å²) in [4.78, 5) is 2.67. The van der Waals surface area contributed by atoms with Gasteiger partial charge in [0.1, 0.15) is 0 Å². The Morgan fingerprint density at radius 2 is 1.39 bits per heavy atom. The molecule has 1 aliphatic rings. The molecule has 0 amide bonds. The van der Waals surface area contributed by atoms with E-state index in [1.165, 1.54) is 37.1 Å². The molecule has 1 aromatic rings. The second kappa shape index (κ2) is 11.3. The Bertz CT molecular complexity index is 412. The lowest BCUT2D eigenvalue weighted by Gasteiger charge is -2.35. The molecule has 0 aromatic heterocycles. The number of halogens is 2. The van der Waals surface area contributed by atoms with Crippen molar-refractivity contribution in [3.63, 3.8) is 0 Å². The van der Waals surface area contributed by atoms with Gasteiger partial charge < -0.3 is 5.32 Å². The Morgan fingerprint density at radius 1 is 0.870 bits per heavy atom. The molecule has 1 N–H and O–H groups in total. The largest absolute Gasteiger partial charge is 0.314 e. The van der Waals surface area contributed by atoms with Crippen molar-refractivity contribution in [3.05, 3.63) is 35.4 Å². The third-order valence-corrected chi connectivity index (χ3v) is 4.60. The third kappa shape index (κ3) is 7.01. The fraction of sp³-hybridized carbons (Fsp3) is 0.684. The van der Waals surface area contributed by atoms with Crippen molar-refractivity contribution < 1.29 is 0 Å². The predicted molar refractivity (Wildman–Crippen MR) is 106 cm³/mol. The topological polar surface area (TPSA) is 15.3 Å². The summed E-state index contributed by atoms with van der Waals surface area (Å²) < 4.78 is 0. The van der Waals surface area contributed by atoms with Gasteiger partial charge in [-0.3, -0.25) is 4.90 Å². The SMILES string of the molecule is CC(C)CC[C@@H](c1ccc(C(C)C)cc1)N1CCNCC1.Cl.Cl. The van der Waals surface area contributed by atoms with E-state index in [-0.39, 0.29) is 24.8 Å². The Balaban J connectivity index is 0.00000242. The maximum Gasteiger partial charge on any atom is 0.0349 e. The lowest BCUT2D eigenvalue weighted by atomic mass is 9.93. The predicted octanol–water partition coefficient (Wildman–Crippen LogP) is 5.04. The van der Waals surface area contributed by atoms with E-state index < -0.39 is 0 Å². The fourth-order valence-electron chi connectivity index (χ4n) is 3.15. The monoisotopic (exact) mass is 360 g/mol. The number of hydrogen-bond donors (Lipinski definition) is 1. The first-order chi connectivity index (χ1) is 10.1. The standard InChI is InChI=1S/C19H32N2.2ClH/c1-15(2)5-10-19(21-13-11-20-12-14-21)18-8-6-17(7-9-18)16(3)4;;/h6-9,15-16,19-20H,5,10-14H2,1-4H3;2*1H/t19-;;/m0../s1. The maximum absolute atomic E-state index is 3.47. The molecule has 23 heavy (non-hydrogen) atoms. The molecule has 0 unspecified atom stereocenters. The molecule has 1 aliphatic heterocycles. The summed E-state index contributed by atoms with van der Waals surface area (Å²) in [6.07, 6.45) is 2.58. The molecule has 0 aliphatic carbocycles. The van der Waals surface area contributed by atoms with Crippen molar-refractivity contribution in [1.82, 2.24) is 10.2 Å². The maximum atomic E-state index is 3.47. The molecule has 0 radical (unpaired) electrons. The van der Waals surface area contributed by atoms with Crippen LogP contribution in [0.1, 0.15) is 63.6 Å². The van der Waals surface area contributed by atoms with Gasteiger partial charge in [0.2, 0.25) is 0 Å². The summed E-state index contributed by atoms with van der Waals surface area (Å²) in [5, 5.41) is 3.47. The van der Waals surface area contributed by atoms with E-state index in [4.69, 9.17) is 0 Å². The smallest absolute Gasteiger partial charge is 0.0349 e. The van der Waals surface area contributed by atoms with Crippen molar-refractivity contribution in [3.8, 4) is 0 Å². The van der Waals surface area contributed by atoms with Gasteiger partial charge in [-0.1, -0.05) is 52.0 Å². The van der Waals surface area contributed by atoms with Crippen LogP contribution in [0, 0.1) is 5.92 Å². The van der Waals surface area contributed by atoms with Crippen LogP contribution in [0.5, 0.6) is 0 Å². The zero-order valence-electron chi connectivity index (χ0n) is 15.0. The van der Waals surface area contributed by atoms with Gasteiger partial charge in [-0.2, -0.15) is 0 Å². The number of hydrogen-bond acceptors (Lipinski definition) is 2. The summed E-state index contributed by atoms with van der Waals surface area (Å²) in [5.41, 5.74) is 2.95. The Hall–Kier alpha value is -0.280. The molecule has 0 bridgehead atoms. The van der Waals surface area contributed by atoms with Crippen LogP contribution < -0.4 is 5.32 Å². The van der Waals surface area contributed by atoms with Gasteiger partial charge in [0.15, 0.2) is 0 Å². The van der Waals surface area contributed by atoms with E-state index in [9.17, 15) is 0 Å². The molecular weight excluding hydrogens is 327 g/mol. The zero-order valence-corrected chi connectivity index (χ0v) is 16.7. The molecule has 4 heteroatoms. The molecule has 1 saturated heterocycles. The van der Waals surface area contributed by atoms with E-state index in [0.29, 0.717) is 12.0 Å². The minimum Gasteiger partial charge on any atom is -0.314 e.